The van der Waals surface area contributed by atoms with Gasteiger partial charge in [-0.25, -0.2) is 9.59 Å². The van der Waals surface area contributed by atoms with Crippen LogP contribution in [0, 0.1) is 0 Å². The molecule has 0 atom stereocenters. The minimum Gasteiger partial charge on any atom is -0.478 e. The molecule has 0 heterocycles. The number of hydrogen-bond acceptors (Lipinski definition) is 4. The minimum atomic E-state index is -1.26. The molecule has 0 rings (SSSR count). The first-order valence-corrected chi connectivity index (χ1v) is 6.44. The number of ketones is 2. The van der Waals surface area contributed by atoms with E-state index in [0.717, 1.165) is 12.8 Å². The third-order valence-corrected chi connectivity index (χ3v) is 2.12. The molecule has 0 aliphatic rings. The molecule has 0 radical (unpaired) electrons. The first-order valence-electron chi connectivity index (χ1n) is 6.44. The molecular formula is C14H22O6. The van der Waals surface area contributed by atoms with E-state index in [9.17, 15) is 19.2 Å². The summed E-state index contributed by atoms with van der Waals surface area (Å²) in [6, 6.07) is 0. The van der Waals surface area contributed by atoms with Crippen LogP contribution in [0.1, 0.15) is 52.4 Å². The highest BCUT2D eigenvalue weighted by Crippen LogP contribution is 2.04. The van der Waals surface area contributed by atoms with E-state index in [-0.39, 0.29) is 18.0 Å². The van der Waals surface area contributed by atoms with E-state index in [1.807, 2.05) is 0 Å². The van der Waals surface area contributed by atoms with Crippen molar-refractivity contribution in [2.75, 3.05) is 0 Å². The second-order valence-electron chi connectivity index (χ2n) is 4.24. The van der Waals surface area contributed by atoms with Crippen molar-refractivity contribution in [1.29, 1.82) is 0 Å². The smallest absolute Gasteiger partial charge is 0.328 e. The predicted octanol–water partition coefficient (Wildman–Crippen LogP) is 2.22. The number of hydrogen-bond donors (Lipinski definition) is 2. The summed E-state index contributed by atoms with van der Waals surface area (Å²) in [6.45, 7) is 3.60. The van der Waals surface area contributed by atoms with E-state index in [0.29, 0.717) is 18.6 Å². The van der Waals surface area contributed by atoms with E-state index in [1.165, 1.54) is 19.8 Å². The van der Waals surface area contributed by atoms with Gasteiger partial charge >= 0.3 is 11.9 Å². The fourth-order valence-electron chi connectivity index (χ4n) is 1.26. The summed E-state index contributed by atoms with van der Waals surface area (Å²) in [5.74, 6) is -2.44. The highest BCUT2D eigenvalue weighted by atomic mass is 16.4. The molecule has 6 nitrogen and oxygen atoms in total. The maximum Gasteiger partial charge on any atom is 0.328 e. The second-order valence-corrected chi connectivity index (χ2v) is 4.24. The maximum atomic E-state index is 11.0. The average molecular weight is 286 g/mol. The molecule has 0 unspecified atom stereocenters. The number of Topliss-reactive ketones (excluding diaryl/α,β-unsaturated/α-hetero) is 2. The molecule has 6 heteroatoms. The van der Waals surface area contributed by atoms with Crippen molar-refractivity contribution >= 4 is 23.5 Å². The molecular weight excluding hydrogens is 264 g/mol. The largest absolute Gasteiger partial charge is 0.478 e. The Morgan fingerprint density at radius 2 is 1.40 bits per heavy atom. The Bertz CT molecular complexity index is 341. The molecule has 2 N–H and O–H groups in total. The molecule has 0 aliphatic heterocycles. The Labute approximate surface area is 118 Å². The van der Waals surface area contributed by atoms with Gasteiger partial charge in [0.2, 0.25) is 0 Å². The average Bonchev–Trinajstić information content (AvgIpc) is 2.32. The zero-order chi connectivity index (χ0) is 16.0. The van der Waals surface area contributed by atoms with Crippen LogP contribution in [0.5, 0.6) is 0 Å². The third-order valence-electron chi connectivity index (χ3n) is 2.12. The summed E-state index contributed by atoms with van der Waals surface area (Å²) in [6.07, 6.45) is 6.25. The van der Waals surface area contributed by atoms with Gasteiger partial charge in [0.05, 0.1) is 6.42 Å². The molecule has 0 saturated heterocycles. The van der Waals surface area contributed by atoms with Gasteiger partial charge in [-0.15, -0.1) is 0 Å². The number of aliphatic carboxylic acids is 2. The van der Waals surface area contributed by atoms with Crippen LogP contribution in [-0.4, -0.2) is 33.7 Å². The molecule has 0 fully saturated rings. The summed E-state index contributed by atoms with van der Waals surface area (Å²) in [7, 11) is 0. The molecule has 0 amide bonds. The van der Waals surface area contributed by atoms with Crippen molar-refractivity contribution in [3.63, 3.8) is 0 Å². The monoisotopic (exact) mass is 286 g/mol. The molecule has 0 aromatic rings. The maximum absolute atomic E-state index is 11.0. The zero-order valence-electron chi connectivity index (χ0n) is 11.9. The lowest BCUT2D eigenvalue weighted by molar-refractivity contribution is -0.134. The Balaban J connectivity index is 0. The number of carboxylic acids is 2. The molecule has 0 aromatic carbocycles. The van der Waals surface area contributed by atoms with Gasteiger partial charge in [-0.3, -0.25) is 9.59 Å². The van der Waals surface area contributed by atoms with Crippen LogP contribution >= 0.6 is 0 Å². The van der Waals surface area contributed by atoms with Crippen molar-refractivity contribution in [3.8, 4) is 0 Å². The van der Waals surface area contributed by atoms with E-state index >= 15 is 0 Å². The van der Waals surface area contributed by atoms with Crippen molar-refractivity contribution in [1.82, 2.24) is 0 Å². The highest BCUT2D eigenvalue weighted by molar-refractivity contribution is 5.97. The van der Waals surface area contributed by atoms with E-state index in [2.05, 4.69) is 6.92 Å². The Morgan fingerprint density at radius 3 is 1.75 bits per heavy atom. The molecule has 0 aromatic heterocycles. The molecule has 0 aliphatic carbocycles. The van der Waals surface area contributed by atoms with Gasteiger partial charge in [-0.1, -0.05) is 26.2 Å². The van der Waals surface area contributed by atoms with E-state index in [1.54, 1.807) is 0 Å². The lowest BCUT2D eigenvalue weighted by Crippen LogP contribution is -2.03. The summed E-state index contributed by atoms with van der Waals surface area (Å²) in [4.78, 5) is 40.6. The van der Waals surface area contributed by atoms with Crippen LogP contribution < -0.4 is 0 Å². The number of carbonyl (C=O) groups excluding carboxylic acids is 2. The first-order chi connectivity index (χ1) is 9.29. The van der Waals surface area contributed by atoms with Gasteiger partial charge in [-0.05, 0) is 13.3 Å². The van der Waals surface area contributed by atoms with Crippen LogP contribution in [0.4, 0.5) is 0 Å². The molecule has 20 heavy (non-hydrogen) atoms. The minimum absolute atomic E-state index is 0.0181. The molecule has 0 saturated carbocycles. The topological polar surface area (TPSA) is 109 Å². The summed E-state index contributed by atoms with van der Waals surface area (Å²) in [5.41, 5.74) is 0. The third kappa shape index (κ3) is 21.3. The van der Waals surface area contributed by atoms with Crippen LogP contribution in [0.2, 0.25) is 0 Å². The van der Waals surface area contributed by atoms with E-state index in [4.69, 9.17) is 10.2 Å². The highest BCUT2D eigenvalue weighted by Gasteiger charge is 2.03. The fraction of sp³-hybridized carbons (Fsp3) is 0.571. The SMILES string of the molecule is CCCCCCC(=O)CC(C)=O.O=C(O)/C=C\C(=O)O. The van der Waals surface area contributed by atoms with Crippen molar-refractivity contribution in [2.24, 2.45) is 0 Å². The van der Waals surface area contributed by atoms with Crippen molar-refractivity contribution in [3.05, 3.63) is 12.2 Å². The molecule has 0 bridgehead atoms. The Hall–Kier alpha value is -1.98. The lowest BCUT2D eigenvalue weighted by atomic mass is 10.1. The van der Waals surface area contributed by atoms with Crippen molar-refractivity contribution in [2.45, 2.75) is 52.4 Å². The number of carbonyl (C=O) groups is 4. The molecule has 0 spiro atoms. The lowest BCUT2D eigenvalue weighted by Gasteiger charge is -1.97. The summed E-state index contributed by atoms with van der Waals surface area (Å²) in [5, 5.41) is 15.6. The van der Waals surface area contributed by atoms with Gasteiger partial charge < -0.3 is 10.2 Å². The Morgan fingerprint density at radius 1 is 0.900 bits per heavy atom. The standard InChI is InChI=1S/C10H18O2.C4H4O4/c1-3-4-5-6-7-10(12)8-9(2)11;5-3(6)1-2-4(7)8/h3-8H2,1-2H3;1-2H,(H,5,6)(H,7,8)/b;2-1-. The zero-order valence-corrected chi connectivity index (χ0v) is 11.9. The van der Waals surface area contributed by atoms with Crippen LogP contribution in [0.3, 0.4) is 0 Å². The normalized spacial score (nSPS) is 9.70. The fourth-order valence-corrected chi connectivity index (χ4v) is 1.26. The Kier molecular flexibility index (Phi) is 13.7. The van der Waals surface area contributed by atoms with Crippen molar-refractivity contribution < 1.29 is 29.4 Å². The van der Waals surface area contributed by atoms with Gasteiger partial charge in [-0.2, -0.15) is 0 Å². The van der Waals surface area contributed by atoms with Crippen LogP contribution in [0.25, 0.3) is 0 Å². The number of unbranched alkanes of at least 4 members (excludes halogenated alkanes) is 3. The van der Waals surface area contributed by atoms with Gasteiger partial charge in [0.15, 0.2) is 0 Å². The van der Waals surface area contributed by atoms with Gasteiger partial charge in [0.25, 0.3) is 0 Å². The quantitative estimate of drug-likeness (QED) is 0.382. The summed E-state index contributed by atoms with van der Waals surface area (Å²) >= 11 is 0. The predicted molar refractivity (Wildman–Crippen MR) is 73.5 cm³/mol. The number of rotatable bonds is 9. The van der Waals surface area contributed by atoms with Gasteiger partial charge in [0.1, 0.15) is 11.6 Å². The first kappa shape index (κ1) is 20.3. The van der Waals surface area contributed by atoms with Crippen LogP contribution in [0.15, 0.2) is 12.2 Å². The second kappa shape index (κ2) is 13.5. The summed E-state index contributed by atoms with van der Waals surface area (Å²) < 4.78 is 0. The molecule has 114 valence electrons. The number of carboxylic acid groups (broad SMARTS) is 2. The van der Waals surface area contributed by atoms with E-state index < -0.39 is 11.9 Å². The van der Waals surface area contributed by atoms with Gasteiger partial charge in [0, 0.05) is 18.6 Å². The van der Waals surface area contributed by atoms with Crippen LogP contribution in [-0.2, 0) is 19.2 Å².